The number of nitrogens with one attached hydrogen (secondary N) is 1. The zero-order valence-electron chi connectivity index (χ0n) is 9.67. The average Bonchev–Trinajstić information content (AvgIpc) is 2.51. The third-order valence-electron chi connectivity index (χ3n) is 3.12. The van der Waals surface area contributed by atoms with E-state index in [0.29, 0.717) is 0 Å². The third kappa shape index (κ3) is 1.65. The van der Waals surface area contributed by atoms with Crippen LogP contribution < -0.4 is 5.32 Å². The molecule has 2 heteroatoms. The minimum Gasteiger partial charge on any atom is -0.347 e. The predicted octanol–water partition coefficient (Wildman–Crippen LogP) is 2.25. The summed E-state index contributed by atoms with van der Waals surface area (Å²) in [6.07, 6.45) is 1.09. The first-order chi connectivity index (χ1) is 7.25. The fourth-order valence-electron chi connectivity index (χ4n) is 2.23. The van der Waals surface area contributed by atoms with E-state index >= 15 is 0 Å². The third-order valence-corrected chi connectivity index (χ3v) is 3.12. The molecule has 1 heterocycles. The van der Waals surface area contributed by atoms with Crippen molar-refractivity contribution >= 4 is 10.9 Å². The molecule has 0 bridgehead atoms. The number of hydrogen-bond acceptors (Lipinski definition) is 1. The molecule has 0 fully saturated rings. The molecular weight excluding hydrogens is 184 g/mol. The fraction of sp³-hybridized carbons (Fsp3) is 0.385. The van der Waals surface area contributed by atoms with Crippen LogP contribution in [-0.4, -0.2) is 18.2 Å². The van der Waals surface area contributed by atoms with Crippen molar-refractivity contribution in [1.82, 2.24) is 9.88 Å². The van der Waals surface area contributed by atoms with Crippen LogP contribution in [0.3, 0.4) is 0 Å². The molecule has 0 amide bonds. The van der Waals surface area contributed by atoms with Gasteiger partial charge >= 0.3 is 0 Å². The standard InChI is InChI=1S/C13H18N2/c1-10-11-6-4-5-7-13(11)15(3)12(10)8-9-14-2/h4-7,14H,8-9H2,1-3H3. The van der Waals surface area contributed by atoms with Crippen molar-refractivity contribution in [3.63, 3.8) is 0 Å². The van der Waals surface area contributed by atoms with E-state index in [-0.39, 0.29) is 0 Å². The number of hydrogen-bond donors (Lipinski definition) is 1. The van der Waals surface area contributed by atoms with E-state index in [2.05, 4.69) is 48.1 Å². The number of likely N-dealkylation sites (N-methyl/N-ethyl adjacent to an activating group) is 1. The smallest absolute Gasteiger partial charge is 0.0482 e. The normalized spacial score (nSPS) is 11.1. The Morgan fingerprint density at radius 3 is 2.67 bits per heavy atom. The summed E-state index contributed by atoms with van der Waals surface area (Å²) >= 11 is 0. The predicted molar refractivity (Wildman–Crippen MR) is 65.3 cm³/mol. The number of rotatable bonds is 3. The van der Waals surface area contributed by atoms with Crippen LogP contribution in [0, 0.1) is 6.92 Å². The van der Waals surface area contributed by atoms with E-state index in [1.165, 1.54) is 22.2 Å². The second-order valence-electron chi connectivity index (χ2n) is 4.00. The Labute approximate surface area is 90.9 Å². The van der Waals surface area contributed by atoms with E-state index in [1.807, 2.05) is 7.05 Å². The Morgan fingerprint density at radius 2 is 2.00 bits per heavy atom. The van der Waals surface area contributed by atoms with Crippen LogP contribution in [-0.2, 0) is 13.5 Å². The van der Waals surface area contributed by atoms with Gasteiger partial charge in [0, 0.05) is 36.6 Å². The molecule has 15 heavy (non-hydrogen) atoms. The zero-order valence-corrected chi connectivity index (χ0v) is 9.67. The number of nitrogens with zero attached hydrogens (tertiary/aromatic N) is 1. The van der Waals surface area contributed by atoms with E-state index < -0.39 is 0 Å². The molecule has 0 aliphatic heterocycles. The Kier molecular flexibility index (Phi) is 2.78. The van der Waals surface area contributed by atoms with Crippen molar-refractivity contribution in [1.29, 1.82) is 0 Å². The summed E-state index contributed by atoms with van der Waals surface area (Å²) in [6, 6.07) is 8.60. The van der Waals surface area contributed by atoms with E-state index in [1.54, 1.807) is 0 Å². The zero-order chi connectivity index (χ0) is 10.8. The average molecular weight is 202 g/mol. The molecule has 0 aliphatic carbocycles. The minimum absolute atomic E-state index is 1.03. The van der Waals surface area contributed by atoms with E-state index in [9.17, 15) is 0 Å². The first kappa shape index (κ1) is 10.2. The molecule has 1 aromatic carbocycles. The number of aromatic nitrogens is 1. The van der Waals surface area contributed by atoms with Gasteiger partial charge in [0.2, 0.25) is 0 Å². The molecule has 0 unspecified atom stereocenters. The molecular formula is C13H18N2. The Morgan fingerprint density at radius 1 is 1.27 bits per heavy atom. The molecule has 0 aliphatic rings. The molecule has 0 saturated carbocycles. The second-order valence-corrected chi connectivity index (χ2v) is 4.00. The quantitative estimate of drug-likeness (QED) is 0.807. The molecule has 1 aromatic heterocycles. The van der Waals surface area contributed by atoms with Crippen molar-refractivity contribution in [2.45, 2.75) is 13.3 Å². The van der Waals surface area contributed by atoms with Crippen molar-refractivity contribution in [3.05, 3.63) is 35.5 Å². The van der Waals surface area contributed by atoms with Gasteiger partial charge < -0.3 is 9.88 Å². The molecule has 1 N–H and O–H groups in total. The highest BCUT2D eigenvalue weighted by Crippen LogP contribution is 2.24. The summed E-state index contributed by atoms with van der Waals surface area (Å²) in [5.41, 5.74) is 4.19. The van der Waals surface area contributed by atoms with Gasteiger partial charge in [0.05, 0.1) is 0 Å². The van der Waals surface area contributed by atoms with Crippen molar-refractivity contribution in [3.8, 4) is 0 Å². The van der Waals surface area contributed by atoms with Crippen molar-refractivity contribution in [2.24, 2.45) is 7.05 Å². The maximum absolute atomic E-state index is 3.20. The van der Waals surface area contributed by atoms with Gasteiger partial charge in [-0.1, -0.05) is 18.2 Å². The summed E-state index contributed by atoms with van der Waals surface area (Å²) < 4.78 is 2.31. The molecule has 80 valence electrons. The largest absolute Gasteiger partial charge is 0.347 e. The topological polar surface area (TPSA) is 17.0 Å². The first-order valence-corrected chi connectivity index (χ1v) is 5.43. The van der Waals surface area contributed by atoms with Gasteiger partial charge in [-0.05, 0) is 25.6 Å². The highest BCUT2D eigenvalue weighted by Gasteiger charge is 2.09. The Bertz CT molecular complexity index is 430. The van der Waals surface area contributed by atoms with Gasteiger partial charge in [-0.2, -0.15) is 0 Å². The van der Waals surface area contributed by atoms with E-state index in [4.69, 9.17) is 0 Å². The number of para-hydroxylation sites is 1. The lowest BCUT2D eigenvalue weighted by atomic mass is 10.1. The van der Waals surface area contributed by atoms with Crippen LogP contribution in [0.2, 0.25) is 0 Å². The van der Waals surface area contributed by atoms with Crippen molar-refractivity contribution < 1.29 is 0 Å². The maximum Gasteiger partial charge on any atom is 0.0482 e. The van der Waals surface area contributed by atoms with Crippen LogP contribution in [0.25, 0.3) is 10.9 Å². The lowest BCUT2D eigenvalue weighted by Crippen LogP contribution is -2.12. The van der Waals surface area contributed by atoms with Crippen LogP contribution in [0.1, 0.15) is 11.3 Å². The highest BCUT2D eigenvalue weighted by atomic mass is 15.0. The van der Waals surface area contributed by atoms with Crippen molar-refractivity contribution in [2.75, 3.05) is 13.6 Å². The lowest BCUT2D eigenvalue weighted by molar-refractivity contribution is 0.742. The number of aryl methyl sites for hydroxylation is 2. The SMILES string of the molecule is CNCCc1c(C)c2ccccc2n1C. The highest BCUT2D eigenvalue weighted by molar-refractivity contribution is 5.85. The summed E-state index contributed by atoms with van der Waals surface area (Å²) in [7, 11) is 4.15. The van der Waals surface area contributed by atoms with Crippen LogP contribution in [0.15, 0.2) is 24.3 Å². The Balaban J connectivity index is 2.54. The molecule has 2 nitrogen and oxygen atoms in total. The summed E-state index contributed by atoms with van der Waals surface area (Å²) in [5, 5.41) is 4.58. The van der Waals surface area contributed by atoms with Gasteiger partial charge in [0.25, 0.3) is 0 Å². The molecule has 0 radical (unpaired) electrons. The molecule has 2 aromatic rings. The van der Waals surface area contributed by atoms with E-state index in [0.717, 1.165) is 13.0 Å². The fourth-order valence-corrected chi connectivity index (χ4v) is 2.23. The maximum atomic E-state index is 3.20. The summed E-state index contributed by atoms with van der Waals surface area (Å²) in [5.74, 6) is 0. The minimum atomic E-state index is 1.03. The Hall–Kier alpha value is -1.28. The summed E-state index contributed by atoms with van der Waals surface area (Å²) in [6.45, 7) is 3.25. The monoisotopic (exact) mass is 202 g/mol. The molecule has 0 spiro atoms. The lowest BCUT2D eigenvalue weighted by Gasteiger charge is -2.04. The van der Waals surface area contributed by atoms with Crippen LogP contribution in [0.4, 0.5) is 0 Å². The first-order valence-electron chi connectivity index (χ1n) is 5.43. The number of benzene rings is 1. The van der Waals surface area contributed by atoms with Gasteiger partial charge in [0.15, 0.2) is 0 Å². The second kappa shape index (κ2) is 4.07. The van der Waals surface area contributed by atoms with Crippen LogP contribution in [0.5, 0.6) is 0 Å². The van der Waals surface area contributed by atoms with Gasteiger partial charge in [-0.15, -0.1) is 0 Å². The molecule has 0 saturated heterocycles. The van der Waals surface area contributed by atoms with Gasteiger partial charge in [-0.3, -0.25) is 0 Å². The number of fused-ring (bicyclic) bond motifs is 1. The van der Waals surface area contributed by atoms with Gasteiger partial charge in [-0.25, -0.2) is 0 Å². The molecule has 0 atom stereocenters. The summed E-state index contributed by atoms with van der Waals surface area (Å²) in [4.78, 5) is 0. The van der Waals surface area contributed by atoms with Crippen LogP contribution >= 0.6 is 0 Å². The molecule has 2 rings (SSSR count). The van der Waals surface area contributed by atoms with Gasteiger partial charge in [0.1, 0.15) is 0 Å².